The number of nitro groups is 1. The van der Waals surface area contributed by atoms with Crippen LogP contribution in [0.1, 0.15) is 15.9 Å². The first kappa shape index (κ1) is 20.0. The molecule has 0 saturated heterocycles. The Labute approximate surface area is 168 Å². The largest absolute Gasteiger partial charge is 0.497 e. The molecule has 9 heteroatoms. The Kier molecular flexibility index (Phi) is 5.89. The highest BCUT2D eigenvalue weighted by Crippen LogP contribution is 2.25. The number of Topliss-reactive ketones (excluding diaryl/α,β-unsaturated/α-hetero) is 1. The fourth-order valence-corrected chi connectivity index (χ4v) is 3.52. The van der Waals surface area contributed by atoms with E-state index in [2.05, 4.69) is 10.3 Å². The van der Waals surface area contributed by atoms with Crippen molar-refractivity contribution < 1.29 is 14.5 Å². The molecule has 0 amide bonds. The summed E-state index contributed by atoms with van der Waals surface area (Å²) in [5.41, 5.74) is 0.895. The fraction of sp³-hybridized carbons (Fsp3) is 0.100. The number of rotatable bonds is 6. The van der Waals surface area contributed by atoms with Crippen LogP contribution in [0.2, 0.25) is 0 Å². The summed E-state index contributed by atoms with van der Waals surface area (Å²) in [7, 11) is 3.13. The van der Waals surface area contributed by atoms with Crippen molar-refractivity contribution in [2.75, 3.05) is 19.5 Å². The number of thiazole rings is 1. The summed E-state index contributed by atoms with van der Waals surface area (Å²) < 4.78 is 5.79. The lowest BCUT2D eigenvalue weighted by molar-refractivity contribution is -0.383. The maximum absolute atomic E-state index is 12.4. The van der Waals surface area contributed by atoms with E-state index < -0.39 is 4.92 Å². The maximum atomic E-state index is 12.4. The summed E-state index contributed by atoms with van der Waals surface area (Å²) in [5, 5.41) is 13.9. The number of hydrogen-bond donors (Lipinski definition) is 2. The zero-order valence-corrected chi connectivity index (χ0v) is 16.4. The standard InChI is InChI=1S/C20H17N3O5S/c1-21-15-8-3-12(9-16(15)23(26)27)10-18-20(25)22-19(29-18)11-17(24)13-4-6-14(28-2)7-5-13/h3-11,21H,1-2H3,(H,22,25)/b18-10+,19-11-. The zero-order chi connectivity index (χ0) is 21.0. The van der Waals surface area contributed by atoms with Crippen LogP contribution in [-0.4, -0.2) is 29.8 Å². The predicted octanol–water partition coefficient (Wildman–Crippen LogP) is 1.89. The highest BCUT2D eigenvalue weighted by atomic mass is 32.1. The van der Waals surface area contributed by atoms with Crippen LogP contribution in [0.15, 0.2) is 47.3 Å². The van der Waals surface area contributed by atoms with E-state index in [1.165, 1.54) is 19.3 Å². The van der Waals surface area contributed by atoms with Gasteiger partial charge in [0.15, 0.2) is 5.78 Å². The molecule has 148 valence electrons. The SMILES string of the molecule is CNc1ccc(/C=c2/s/c(=C\C(=O)c3ccc(OC)cc3)[nH]c2=O)cc1[N+](=O)[O-]. The Hall–Kier alpha value is -3.72. The molecule has 3 rings (SSSR count). The molecule has 0 aliphatic heterocycles. The summed E-state index contributed by atoms with van der Waals surface area (Å²) in [6.07, 6.45) is 2.89. The molecule has 2 N–H and O–H groups in total. The molecule has 0 aliphatic rings. The maximum Gasteiger partial charge on any atom is 0.292 e. The summed E-state index contributed by atoms with van der Waals surface area (Å²) in [6.45, 7) is 0. The van der Waals surface area contributed by atoms with Crippen molar-refractivity contribution in [1.82, 2.24) is 4.98 Å². The van der Waals surface area contributed by atoms with Gasteiger partial charge >= 0.3 is 0 Å². The van der Waals surface area contributed by atoms with E-state index in [9.17, 15) is 19.7 Å². The van der Waals surface area contributed by atoms with E-state index in [0.717, 1.165) is 11.3 Å². The van der Waals surface area contributed by atoms with Crippen LogP contribution in [0.5, 0.6) is 5.75 Å². The average Bonchev–Trinajstić information content (AvgIpc) is 3.06. The van der Waals surface area contributed by atoms with Crippen LogP contribution in [0.3, 0.4) is 0 Å². The predicted molar refractivity (Wildman–Crippen MR) is 112 cm³/mol. The van der Waals surface area contributed by atoms with E-state index in [-0.39, 0.29) is 17.0 Å². The molecule has 2 aromatic carbocycles. The Morgan fingerprint density at radius 2 is 1.97 bits per heavy atom. The number of H-pyrrole nitrogens is 1. The number of carbonyl (C=O) groups is 1. The first-order valence-electron chi connectivity index (χ1n) is 8.48. The number of carbonyl (C=O) groups excluding carboxylic acids is 1. The Balaban J connectivity index is 1.96. The summed E-state index contributed by atoms with van der Waals surface area (Å²) >= 11 is 1.10. The minimum absolute atomic E-state index is 0.0873. The average molecular weight is 411 g/mol. The van der Waals surface area contributed by atoms with Gasteiger partial charge in [0.2, 0.25) is 0 Å². The van der Waals surface area contributed by atoms with E-state index in [1.807, 2.05) is 0 Å². The lowest BCUT2D eigenvalue weighted by atomic mass is 10.1. The molecule has 0 atom stereocenters. The third kappa shape index (κ3) is 4.58. The first-order valence-corrected chi connectivity index (χ1v) is 9.30. The molecule has 1 aromatic heterocycles. The summed E-state index contributed by atoms with van der Waals surface area (Å²) in [5.74, 6) is 0.382. The van der Waals surface area contributed by atoms with E-state index in [0.29, 0.717) is 31.8 Å². The Morgan fingerprint density at radius 3 is 2.59 bits per heavy atom. The summed E-state index contributed by atoms with van der Waals surface area (Å²) in [6, 6.07) is 11.3. The molecular weight excluding hydrogens is 394 g/mol. The normalized spacial score (nSPS) is 12.1. The van der Waals surface area contributed by atoms with Gasteiger partial charge in [-0.05, 0) is 42.0 Å². The molecule has 0 bridgehead atoms. The molecular formula is C20H17N3O5S. The molecule has 0 saturated carbocycles. The lowest BCUT2D eigenvalue weighted by Gasteiger charge is -2.02. The van der Waals surface area contributed by atoms with Crippen molar-refractivity contribution >= 4 is 40.6 Å². The minimum Gasteiger partial charge on any atom is -0.497 e. The van der Waals surface area contributed by atoms with E-state index in [4.69, 9.17) is 4.74 Å². The fourth-order valence-electron chi connectivity index (χ4n) is 2.63. The van der Waals surface area contributed by atoms with Crippen LogP contribution < -0.4 is 24.8 Å². The second-order valence-corrected chi connectivity index (χ2v) is 7.03. The van der Waals surface area contributed by atoms with Gasteiger partial charge in [0.05, 0.1) is 21.2 Å². The molecule has 0 unspecified atom stereocenters. The van der Waals surface area contributed by atoms with Gasteiger partial charge in [-0.15, -0.1) is 11.3 Å². The van der Waals surface area contributed by atoms with Crippen molar-refractivity contribution in [2.24, 2.45) is 0 Å². The second-order valence-electron chi connectivity index (χ2n) is 5.95. The van der Waals surface area contributed by atoms with Gasteiger partial charge in [0.1, 0.15) is 11.4 Å². The third-order valence-corrected chi connectivity index (χ3v) is 5.07. The van der Waals surface area contributed by atoms with Gasteiger partial charge in [-0.25, -0.2) is 0 Å². The smallest absolute Gasteiger partial charge is 0.292 e. The van der Waals surface area contributed by atoms with Crippen molar-refractivity contribution in [3.63, 3.8) is 0 Å². The Morgan fingerprint density at radius 1 is 1.24 bits per heavy atom. The number of anilines is 1. The lowest BCUT2D eigenvalue weighted by Crippen LogP contribution is -2.20. The van der Waals surface area contributed by atoms with Gasteiger partial charge in [0, 0.05) is 24.8 Å². The number of nitro benzene ring substituents is 1. The van der Waals surface area contributed by atoms with E-state index >= 15 is 0 Å². The number of hydrogen-bond acceptors (Lipinski definition) is 7. The number of benzene rings is 2. The molecule has 29 heavy (non-hydrogen) atoms. The van der Waals surface area contributed by atoms with Gasteiger partial charge in [-0.3, -0.25) is 19.7 Å². The van der Waals surface area contributed by atoms with Gasteiger partial charge in [-0.1, -0.05) is 6.07 Å². The van der Waals surface area contributed by atoms with Gasteiger partial charge in [-0.2, -0.15) is 0 Å². The molecule has 0 spiro atoms. The van der Waals surface area contributed by atoms with Crippen LogP contribution in [0.25, 0.3) is 12.2 Å². The number of ether oxygens (including phenoxy) is 1. The van der Waals surface area contributed by atoms with Gasteiger partial charge < -0.3 is 15.0 Å². The van der Waals surface area contributed by atoms with Crippen molar-refractivity contribution in [3.8, 4) is 5.75 Å². The molecule has 3 aromatic rings. The van der Waals surface area contributed by atoms with Crippen molar-refractivity contribution in [2.45, 2.75) is 0 Å². The number of ketones is 1. The highest BCUT2D eigenvalue weighted by molar-refractivity contribution is 7.07. The minimum atomic E-state index is -0.492. The third-order valence-electron chi connectivity index (χ3n) is 4.10. The first-order chi connectivity index (χ1) is 13.9. The zero-order valence-electron chi connectivity index (χ0n) is 15.6. The topological polar surface area (TPSA) is 114 Å². The number of aromatic amines is 1. The molecule has 0 radical (unpaired) electrons. The van der Waals surface area contributed by atoms with Crippen LogP contribution in [0.4, 0.5) is 11.4 Å². The second kappa shape index (κ2) is 8.53. The van der Waals surface area contributed by atoms with Crippen LogP contribution >= 0.6 is 11.3 Å². The number of nitrogens with one attached hydrogen (secondary N) is 2. The molecule has 8 nitrogen and oxygen atoms in total. The highest BCUT2D eigenvalue weighted by Gasteiger charge is 2.12. The Bertz CT molecular complexity index is 1240. The van der Waals surface area contributed by atoms with Crippen molar-refractivity contribution in [1.29, 1.82) is 0 Å². The van der Waals surface area contributed by atoms with Crippen LogP contribution in [-0.2, 0) is 0 Å². The number of methoxy groups -OCH3 is 1. The van der Waals surface area contributed by atoms with Gasteiger partial charge in [0.25, 0.3) is 11.2 Å². The summed E-state index contributed by atoms with van der Waals surface area (Å²) in [4.78, 5) is 37.9. The van der Waals surface area contributed by atoms with Crippen molar-refractivity contribution in [3.05, 3.63) is 83.3 Å². The number of nitrogens with zero attached hydrogens (tertiary/aromatic N) is 1. The number of aromatic nitrogens is 1. The molecule has 0 aliphatic carbocycles. The quantitative estimate of drug-likeness (QED) is 0.364. The molecule has 1 heterocycles. The van der Waals surface area contributed by atoms with E-state index in [1.54, 1.807) is 49.5 Å². The molecule has 0 fully saturated rings. The monoisotopic (exact) mass is 411 g/mol. The van der Waals surface area contributed by atoms with Crippen LogP contribution in [0, 0.1) is 10.1 Å².